The van der Waals surface area contributed by atoms with Gasteiger partial charge in [-0.1, -0.05) is 19.3 Å². The summed E-state index contributed by atoms with van der Waals surface area (Å²) in [6, 6.07) is 3.72. The predicted molar refractivity (Wildman–Crippen MR) is 67.3 cm³/mol. The van der Waals surface area contributed by atoms with Crippen LogP contribution in [0.4, 0.5) is 5.69 Å². The molecule has 1 heterocycles. The van der Waals surface area contributed by atoms with Crippen LogP contribution in [0.15, 0.2) is 18.3 Å². The number of nitrogens with one attached hydrogen (secondary N) is 1. The number of hydrogen-bond acceptors (Lipinski definition) is 4. The molecule has 0 saturated heterocycles. The van der Waals surface area contributed by atoms with E-state index in [1.165, 1.54) is 6.42 Å². The Balaban J connectivity index is 1.92. The summed E-state index contributed by atoms with van der Waals surface area (Å²) in [5.74, 6) is 0.589. The van der Waals surface area contributed by atoms with E-state index in [9.17, 15) is 5.11 Å². The molecule has 0 unspecified atom stereocenters. The first-order valence-corrected chi connectivity index (χ1v) is 6.18. The van der Waals surface area contributed by atoms with Gasteiger partial charge in [-0.2, -0.15) is 0 Å². The van der Waals surface area contributed by atoms with E-state index in [1.54, 1.807) is 13.3 Å². The molecular formula is C13H20N2O2. The second kappa shape index (κ2) is 5.36. The molecule has 1 aromatic rings. The summed E-state index contributed by atoms with van der Waals surface area (Å²) < 4.78 is 5.06. The molecule has 0 aliphatic heterocycles. The first kappa shape index (κ1) is 12.2. The number of rotatable bonds is 4. The topological polar surface area (TPSA) is 54.4 Å². The van der Waals surface area contributed by atoms with E-state index in [0.717, 1.165) is 31.4 Å². The summed E-state index contributed by atoms with van der Waals surface area (Å²) >= 11 is 0. The van der Waals surface area contributed by atoms with Gasteiger partial charge in [-0.05, 0) is 18.9 Å². The number of anilines is 1. The van der Waals surface area contributed by atoms with E-state index in [-0.39, 0.29) is 0 Å². The van der Waals surface area contributed by atoms with Crippen LogP contribution in [0.25, 0.3) is 0 Å². The van der Waals surface area contributed by atoms with Gasteiger partial charge in [0.2, 0.25) is 5.88 Å². The van der Waals surface area contributed by atoms with Gasteiger partial charge in [-0.15, -0.1) is 0 Å². The van der Waals surface area contributed by atoms with E-state index in [2.05, 4.69) is 10.3 Å². The third-order valence-corrected chi connectivity index (χ3v) is 3.35. The second-order valence-corrected chi connectivity index (χ2v) is 4.73. The van der Waals surface area contributed by atoms with Crippen LogP contribution in [0.1, 0.15) is 32.1 Å². The number of methoxy groups -OCH3 is 1. The summed E-state index contributed by atoms with van der Waals surface area (Å²) in [5, 5.41) is 13.6. The fourth-order valence-electron chi connectivity index (χ4n) is 2.28. The van der Waals surface area contributed by atoms with Crippen molar-refractivity contribution >= 4 is 5.69 Å². The normalized spacial score (nSPS) is 18.7. The van der Waals surface area contributed by atoms with Crippen molar-refractivity contribution in [2.75, 3.05) is 19.0 Å². The average Bonchev–Trinajstić information content (AvgIpc) is 2.38. The molecule has 2 rings (SSSR count). The first-order chi connectivity index (χ1) is 8.22. The zero-order chi connectivity index (χ0) is 12.1. The lowest BCUT2D eigenvalue weighted by atomic mass is 9.85. The van der Waals surface area contributed by atoms with Gasteiger partial charge in [-0.3, -0.25) is 0 Å². The van der Waals surface area contributed by atoms with E-state index < -0.39 is 5.60 Å². The Morgan fingerprint density at radius 1 is 1.41 bits per heavy atom. The van der Waals surface area contributed by atoms with Gasteiger partial charge in [0, 0.05) is 24.5 Å². The fourth-order valence-corrected chi connectivity index (χ4v) is 2.28. The summed E-state index contributed by atoms with van der Waals surface area (Å²) in [6.07, 6.45) is 6.97. The molecule has 0 aromatic carbocycles. The van der Waals surface area contributed by atoms with E-state index in [4.69, 9.17) is 4.74 Å². The van der Waals surface area contributed by atoms with Crippen molar-refractivity contribution in [2.24, 2.45) is 0 Å². The minimum Gasteiger partial charge on any atom is -0.481 e. The van der Waals surface area contributed by atoms with Gasteiger partial charge < -0.3 is 15.2 Å². The summed E-state index contributed by atoms with van der Waals surface area (Å²) in [4.78, 5) is 4.05. The number of ether oxygens (including phenoxy) is 1. The van der Waals surface area contributed by atoms with Crippen molar-refractivity contribution in [3.8, 4) is 5.88 Å². The van der Waals surface area contributed by atoms with Crippen LogP contribution >= 0.6 is 0 Å². The maximum Gasteiger partial charge on any atom is 0.214 e. The molecule has 0 amide bonds. The lowest BCUT2D eigenvalue weighted by Gasteiger charge is -2.32. The predicted octanol–water partition coefficient (Wildman–Crippen LogP) is 2.20. The molecule has 17 heavy (non-hydrogen) atoms. The molecule has 1 aliphatic carbocycles. The Morgan fingerprint density at radius 3 is 2.88 bits per heavy atom. The molecule has 94 valence electrons. The average molecular weight is 236 g/mol. The van der Waals surface area contributed by atoms with Crippen molar-refractivity contribution in [2.45, 2.75) is 37.7 Å². The highest BCUT2D eigenvalue weighted by Gasteiger charge is 2.28. The fraction of sp³-hybridized carbons (Fsp3) is 0.615. The minimum absolute atomic E-state index is 0.547. The maximum absolute atomic E-state index is 10.3. The molecular weight excluding hydrogens is 216 g/mol. The molecule has 2 N–H and O–H groups in total. The van der Waals surface area contributed by atoms with Crippen LogP contribution in [-0.4, -0.2) is 29.3 Å². The van der Waals surface area contributed by atoms with Crippen molar-refractivity contribution < 1.29 is 9.84 Å². The number of pyridine rings is 1. The van der Waals surface area contributed by atoms with Crippen molar-refractivity contribution in [1.82, 2.24) is 4.98 Å². The van der Waals surface area contributed by atoms with Crippen molar-refractivity contribution in [3.63, 3.8) is 0 Å². The molecule has 1 fully saturated rings. The largest absolute Gasteiger partial charge is 0.481 e. The molecule has 0 radical (unpaired) electrons. The first-order valence-electron chi connectivity index (χ1n) is 6.18. The summed E-state index contributed by atoms with van der Waals surface area (Å²) in [6.45, 7) is 0.597. The summed E-state index contributed by atoms with van der Waals surface area (Å²) in [5.41, 5.74) is 0.394. The quantitative estimate of drug-likeness (QED) is 0.841. The molecule has 1 aliphatic rings. The van der Waals surface area contributed by atoms with Gasteiger partial charge in [0.05, 0.1) is 12.7 Å². The maximum atomic E-state index is 10.3. The lowest BCUT2D eigenvalue weighted by molar-refractivity contribution is 0.0167. The van der Waals surface area contributed by atoms with Crippen LogP contribution in [0, 0.1) is 0 Å². The van der Waals surface area contributed by atoms with Crippen LogP contribution < -0.4 is 10.1 Å². The van der Waals surface area contributed by atoms with E-state index >= 15 is 0 Å². The SMILES string of the molecule is COc1cc(NCC2(O)CCCCC2)ccn1. The number of aromatic nitrogens is 1. The van der Waals surface area contributed by atoms with Gasteiger partial charge in [0.15, 0.2) is 0 Å². The molecule has 1 saturated carbocycles. The molecule has 1 aromatic heterocycles. The van der Waals surface area contributed by atoms with Crippen LogP contribution in [0.3, 0.4) is 0 Å². The Kier molecular flexibility index (Phi) is 3.84. The van der Waals surface area contributed by atoms with Gasteiger partial charge in [-0.25, -0.2) is 4.98 Å². The molecule has 4 heteroatoms. The third kappa shape index (κ3) is 3.33. The Hall–Kier alpha value is -1.29. The van der Waals surface area contributed by atoms with E-state index in [1.807, 2.05) is 12.1 Å². The Labute approximate surface area is 102 Å². The molecule has 4 nitrogen and oxygen atoms in total. The van der Waals surface area contributed by atoms with Crippen LogP contribution in [-0.2, 0) is 0 Å². The number of hydrogen-bond donors (Lipinski definition) is 2. The molecule has 0 atom stereocenters. The zero-order valence-electron chi connectivity index (χ0n) is 10.3. The standard InChI is InChI=1S/C13H20N2O2/c1-17-12-9-11(5-8-14-12)15-10-13(16)6-3-2-4-7-13/h5,8-9,16H,2-4,6-7,10H2,1H3,(H,14,15). The Bertz CT molecular complexity index is 362. The monoisotopic (exact) mass is 236 g/mol. The second-order valence-electron chi connectivity index (χ2n) is 4.73. The highest BCUT2D eigenvalue weighted by Crippen LogP contribution is 2.28. The third-order valence-electron chi connectivity index (χ3n) is 3.35. The van der Waals surface area contributed by atoms with Gasteiger partial charge in [0.25, 0.3) is 0 Å². The van der Waals surface area contributed by atoms with Gasteiger partial charge in [0.1, 0.15) is 0 Å². The van der Waals surface area contributed by atoms with E-state index in [0.29, 0.717) is 12.4 Å². The van der Waals surface area contributed by atoms with Gasteiger partial charge >= 0.3 is 0 Å². The molecule has 0 bridgehead atoms. The van der Waals surface area contributed by atoms with Crippen molar-refractivity contribution in [3.05, 3.63) is 18.3 Å². The molecule has 0 spiro atoms. The number of aliphatic hydroxyl groups is 1. The highest BCUT2D eigenvalue weighted by molar-refractivity contribution is 5.45. The highest BCUT2D eigenvalue weighted by atomic mass is 16.5. The Morgan fingerprint density at radius 2 is 2.18 bits per heavy atom. The van der Waals surface area contributed by atoms with Crippen LogP contribution in [0.2, 0.25) is 0 Å². The van der Waals surface area contributed by atoms with Crippen LogP contribution in [0.5, 0.6) is 5.88 Å². The summed E-state index contributed by atoms with van der Waals surface area (Å²) in [7, 11) is 1.60. The zero-order valence-corrected chi connectivity index (χ0v) is 10.3. The minimum atomic E-state index is -0.547. The van der Waals surface area contributed by atoms with Crippen molar-refractivity contribution in [1.29, 1.82) is 0 Å². The number of nitrogens with zero attached hydrogens (tertiary/aromatic N) is 1. The smallest absolute Gasteiger partial charge is 0.214 e. The lowest BCUT2D eigenvalue weighted by Crippen LogP contribution is -2.38.